The normalized spacial score (nSPS) is 18.3. The van der Waals surface area contributed by atoms with Crippen LogP contribution in [-0.2, 0) is 9.59 Å². The standard InChI is InChI=1S/C27H32N2O2S.C4H6O4/c1-17-16-32-27-8-7-20(13-23(17)27)21-9-10-29(19(3)12-21)14-22(30)15-31-26-6-4-5-25-24(26)11-18(2)28-25;5-3(6)1-2-4(7)8/h4-8,11,13,16,19,21-22,28,30H,9-10,12,14-15H2,1-3H3;1-2H2,(H,5,6)(H,7,8)/t19-,21+,22+;/m1./s1. The fourth-order valence-corrected chi connectivity index (χ4v) is 6.26. The van der Waals surface area contributed by atoms with E-state index >= 15 is 0 Å². The third kappa shape index (κ3) is 7.62. The summed E-state index contributed by atoms with van der Waals surface area (Å²) < 4.78 is 7.39. The Morgan fingerprint density at radius 2 is 1.85 bits per heavy atom. The SMILES string of the molecule is Cc1cc2c(OC[C@@H](O)CN3CC[C@H](c4ccc5scc(C)c5c4)C[C@H]3C)cccc2[nH]1.O=C(O)CCC(=O)O. The number of ether oxygens (including phenoxy) is 1. The van der Waals surface area contributed by atoms with Crippen molar-refractivity contribution in [3.05, 3.63) is 64.7 Å². The minimum Gasteiger partial charge on any atom is -0.490 e. The Morgan fingerprint density at radius 3 is 2.55 bits per heavy atom. The van der Waals surface area contributed by atoms with E-state index in [1.807, 2.05) is 30.4 Å². The van der Waals surface area contributed by atoms with E-state index in [4.69, 9.17) is 14.9 Å². The van der Waals surface area contributed by atoms with Crippen LogP contribution < -0.4 is 4.74 Å². The first kappa shape index (κ1) is 29.6. The van der Waals surface area contributed by atoms with Crippen molar-refractivity contribution in [1.29, 1.82) is 0 Å². The molecule has 2 aromatic heterocycles. The first-order valence-electron chi connectivity index (χ1n) is 13.6. The number of benzene rings is 2. The van der Waals surface area contributed by atoms with E-state index in [0.29, 0.717) is 25.1 Å². The molecule has 4 aromatic rings. The van der Waals surface area contributed by atoms with E-state index in [1.165, 1.54) is 21.2 Å². The number of nitrogens with one attached hydrogen (secondary N) is 1. The predicted octanol–water partition coefficient (Wildman–Crippen LogP) is 5.94. The highest BCUT2D eigenvalue weighted by Crippen LogP contribution is 2.35. The molecule has 0 bridgehead atoms. The number of aromatic amines is 1. The molecule has 3 heterocycles. The zero-order valence-corrected chi connectivity index (χ0v) is 24.0. The Labute approximate surface area is 238 Å². The Balaban J connectivity index is 0.000000406. The number of aryl methyl sites for hydroxylation is 2. The first-order chi connectivity index (χ1) is 19.1. The molecule has 1 aliphatic heterocycles. The number of β-amino-alcohol motifs (C(OH)–C–C–N with tert-alkyl or cyclic N) is 1. The van der Waals surface area contributed by atoms with E-state index in [0.717, 1.165) is 41.7 Å². The lowest BCUT2D eigenvalue weighted by Gasteiger charge is -2.38. The Bertz CT molecular complexity index is 1450. The second-order valence-electron chi connectivity index (χ2n) is 10.7. The molecule has 3 atom stereocenters. The third-order valence-corrected chi connectivity index (χ3v) is 8.55. The maximum absolute atomic E-state index is 10.7. The van der Waals surface area contributed by atoms with E-state index < -0.39 is 18.0 Å². The molecule has 8 nitrogen and oxygen atoms in total. The van der Waals surface area contributed by atoms with Gasteiger partial charge >= 0.3 is 11.9 Å². The number of fused-ring (bicyclic) bond motifs is 2. The molecule has 5 rings (SSSR count). The van der Waals surface area contributed by atoms with Crippen LogP contribution in [0.25, 0.3) is 21.0 Å². The van der Waals surface area contributed by atoms with Gasteiger partial charge in [-0.3, -0.25) is 14.5 Å². The second kappa shape index (κ2) is 13.3. The molecule has 0 saturated carbocycles. The molecule has 40 heavy (non-hydrogen) atoms. The lowest BCUT2D eigenvalue weighted by molar-refractivity contribution is -0.143. The number of carbonyl (C=O) groups is 2. The zero-order valence-electron chi connectivity index (χ0n) is 23.2. The Hall–Kier alpha value is -3.40. The van der Waals surface area contributed by atoms with Gasteiger partial charge in [-0.15, -0.1) is 11.3 Å². The van der Waals surface area contributed by atoms with Gasteiger partial charge in [-0.05, 0) is 98.3 Å². The average Bonchev–Trinajstić information content (AvgIpc) is 3.49. The molecule has 1 fully saturated rings. The number of aromatic nitrogens is 1. The number of hydrogen-bond donors (Lipinski definition) is 4. The number of aliphatic carboxylic acids is 2. The topological polar surface area (TPSA) is 123 Å². The van der Waals surface area contributed by atoms with E-state index in [2.05, 4.69) is 59.4 Å². The molecule has 2 aromatic carbocycles. The number of nitrogens with zero attached hydrogens (tertiary/aromatic N) is 1. The predicted molar refractivity (Wildman–Crippen MR) is 159 cm³/mol. The largest absolute Gasteiger partial charge is 0.490 e. The molecule has 4 N–H and O–H groups in total. The molecule has 0 amide bonds. The van der Waals surface area contributed by atoms with Crippen LogP contribution in [0.2, 0.25) is 0 Å². The quantitative estimate of drug-likeness (QED) is 0.198. The number of aliphatic hydroxyl groups is 1. The molecular weight excluding hydrogens is 528 g/mol. The minimum absolute atomic E-state index is 0.296. The number of piperidine rings is 1. The molecule has 0 unspecified atom stereocenters. The van der Waals surface area contributed by atoms with Gasteiger partial charge in [0.2, 0.25) is 0 Å². The maximum atomic E-state index is 10.7. The maximum Gasteiger partial charge on any atom is 0.303 e. The van der Waals surface area contributed by atoms with Gasteiger partial charge < -0.3 is 25.0 Å². The summed E-state index contributed by atoms with van der Waals surface area (Å²) in [5.41, 5.74) is 5.03. The van der Waals surface area contributed by atoms with Crippen LogP contribution in [0.4, 0.5) is 0 Å². The number of carboxylic acid groups (broad SMARTS) is 2. The molecule has 0 radical (unpaired) electrons. The van der Waals surface area contributed by atoms with Crippen LogP contribution in [-0.4, -0.2) is 69.0 Å². The summed E-state index contributed by atoms with van der Waals surface area (Å²) in [4.78, 5) is 25.0. The van der Waals surface area contributed by atoms with Gasteiger partial charge in [0.25, 0.3) is 0 Å². The van der Waals surface area contributed by atoms with Gasteiger partial charge in [-0.25, -0.2) is 0 Å². The van der Waals surface area contributed by atoms with E-state index in [1.54, 1.807) is 0 Å². The first-order valence-corrected chi connectivity index (χ1v) is 14.5. The summed E-state index contributed by atoms with van der Waals surface area (Å²) in [7, 11) is 0. The van der Waals surface area contributed by atoms with Gasteiger partial charge in [0.1, 0.15) is 18.5 Å². The molecule has 0 spiro atoms. The van der Waals surface area contributed by atoms with Crippen LogP contribution in [0.3, 0.4) is 0 Å². The van der Waals surface area contributed by atoms with Crippen molar-refractivity contribution in [2.45, 2.75) is 64.5 Å². The van der Waals surface area contributed by atoms with Crippen molar-refractivity contribution in [3.63, 3.8) is 0 Å². The van der Waals surface area contributed by atoms with Crippen molar-refractivity contribution in [2.75, 3.05) is 19.7 Å². The zero-order chi connectivity index (χ0) is 28.8. The van der Waals surface area contributed by atoms with Crippen LogP contribution >= 0.6 is 11.3 Å². The van der Waals surface area contributed by atoms with Crippen molar-refractivity contribution in [2.24, 2.45) is 0 Å². The smallest absolute Gasteiger partial charge is 0.303 e. The second-order valence-corrected chi connectivity index (χ2v) is 11.6. The fourth-order valence-electron chi connectivity index (χ4n) is 5.34. The number of rotatable bonds is 9. The third-order valence-electron chi connectivity index (χ3n) is 7.46. The molecule has 1 aliphatic rings. The number of carboxylic acids is 2. The van der Waals surface area contributed by atoms with Crippen LogP contribution in [0, 0.1) is 13.8 Å². The number of aliphatic hydroxyl groups excluding tert-OH is 1. The molecule has 9 heteroatoms. The Morgan fingerprint density at radius 1 is 1.10 bits per heavy atom. The molecule has 0 aliphatic carbocycles. The highest BCUT2D eigenvalue weighted by atomic mass is 32.1. The van der Waals surface area contributed by atoms with Gasteiger partial charge in [0.05, 0.1) is 12.8 Å². The summed E-state index contributed by atoms with van der Waals surface area (Å²) in [6.07, 6.45) is 1.16. The number of hydrogen-bond acceptors (Lipinski definition) is 6. The van der Waals surface area contributed by atoms with Gasteiger partial charge in [0, 0.05) is 33.9 Å². The van der Waals surface area contributed by atoms with Crippen LogP contribution in [0.1, 0.15) is 55.3 Å². The highest BCUT2D eigenvalue weighted by molar-refractivity contribution is 7.17. The summed E-state index contributed by atoms with van der Waals surface area (Å²) >= 11 is 1.83. The van der Waals surface area contributed by atoms with Crippen LogP contribution in [0.15, 0.2) is 47.8 Å². The summed E-state index contributed by atoms with van der Waals surface area (Å²) in [5, 5.41) is 31.2. The van der Waals surface area contributed by atoms with Gasteiger partial charge in [-0.1, -0.05) is 12.1 Å². The summed E-state index contributed by atoms with van der Waals surface area (Å²) in [5.74, 6) is -0.732. The fraction of sp³-hybridized carbons (Fsp3) is 0.419. The highest BCUT2D eigenvalue weighted by Gasteiger charge is 2.28. The average molecular weight is 567 g/mol. The molecule has 1 saturated heterocycles. The van der Waals surface area contributed by atoms with Crippen molar-refractivity contribution >= 4 is 44.3 Å². The summed E-state index contributed by atoms with van der Waals surface area (Å²) in [6, 6.07) is 15.6. The lowest BCUT2D eigenvalue weighted by Crippen LogP contribution is -2.45. The van der Waals surface area contributed by atoms with E-state index in [9.17, 15) is 14.7 Å². The number of likely N-dealkylation sites (tertiary alicyclic amines) is 1. The van der Waals surface area contributed by atoms with E-state index in [-0.39, 0.29) is 12.8 Å². The van der Waals surface area contributed by atoms with Crippen LogP contribution in [0.5, 0.6) is 5.75 Å². The minimum atomic E-state index is -1.08. The van der Waals surface area contributed by atoms with Crippen molar-refractivity contribution < 1.29 is 29.6 Å². The monoisotopic (exact) mass is 566 g/mol. The van der Waals surface area contributed by atoms with Gasteiger partial charge in [0.15, 0.2) is 0 Å². The molecular formula is C31H38N2O6S. The van der Waals surface area contributed by atoms with Gasteiger partial charge in [-0.2, -0.15) is 0 Å². The number of thiophene rings is 1. The summed E-state index contributed by atoms with van der Waals surface area (Å²) in [6.45, 7) is 8.51. The van der Waals surface area contributed by atoms with Crippen molar-refractivity contribution in [1.82, 2.24) is 9.88 Å². The number of H-pyrrole nitrogens is 1. The van der Waals surface area contributed by atoms with Crippen molar-refractivity contribution in [3.8, 4) is 5.75 Å². The molecule has 214 valence electrons. The Kier molecular flexibility index (Phi) is 9.84. The lowest BCUT2D eigenvalue weighted by atomic mass is 9.85.